The molecule has 0 aliphatic carbocycles. The average Bonchev–Trinajstić information content (AvgIpc) is 3.42. The number of esters is 2. The van der Waals surface area contributed by atoms with Gasteiger partial charge >= 0.3 is 11.9 Å². The number of halogens is 1. The van der Waals surface area contributed by atoms with E-state index in [1.165, 1.54) is 26.4 Å². The largest absolute Gasteiger partial charge is 0.467 e. The Balaban J connectivity index is 1.30. The van der Waals surface area contributed by atoms with Gasteiger partial charge in [-0.3, -0.25) is 19.2 Å². The van der Waals surface area contributed by atoms with Gasteiger partial charge < -0.3 is 29.9 Å². The molecular weight excluding hydrogens is 724 g/mol. The van der Waals surface area contributed by atoms with Gasteiger partial charge in [-0.2, -0.15) is 0 Å². The third kappa shape index (κ3) is 10.1. The third-order valence-corrected chi connectivity index (χ3v) is 13.5. The maximum absolute atomic E-state index is 14.3. The van der Waals surface area contributed by atoms with Crippen LogP contribution in [0.25, 0.3) is 0 Å². The van der Waals surface area contributed by atoms with Crippen LogP contribution < -0.4 is 10.6 Å². The minimum Gasteiger partial charge on any atom is -0.467 e. The zero-order chi connectivity index (χ0) is 38.1. The molecule has 4 fully saturated rings. The van der Waals surface area contributed by atoms with E-state index in [9.17, 15) is 33.2 Å². The van der Waals surface area contributed by atoms with Gasteiger partial charge in [0.15, 0.2) is 0 Å². The molecule has 0 unspecified atom stereocenters. The van der Waals surface area contributed by atoms with Crippen molar-refractivity contribution in [1.82, 2.24) is 20.4 Å². The van der Waals surface area contributed by atoms with E-state index in [1.807, 2.05) is 6.92 Å². The number of hydrogen-bond donors (Lipinski definition) is 2. The standard InChI is InChI=1S/C38H53FN4O8S2/c1-4-8-24(33(44)40-27-17-19-52-31-13-6-11-29(37(48)50-2)42(31)35(27)46)15-16-25(21-23-9-5-10-26(39)22-23)34(45)41-28-18-20-53-32-14-7-12-30(38(49)51-3)43(32)36(28)47/h5,9-10,22,24-25,27-32H,4,6-8,11-21H2,1-3H3,(H,40,44)(H,41,45)/t24-,25+,27-,28-,29-,30-,31-,32-/m0/s1. The van der Waals surface area contributed by atoms with Crippen LogP contribution in [0.5, 0.6) is 0 Å². The van der Waals surface area contributed by atoms with E-state index in [0.717, 1.165) is 25.7 Å². The summed E-state index contributed by atoms with van der Waals surface area (Å²) < 4.78 is 24.3. The second-order valence-corrected chi connectivity index (χ2v) is 16.9. The molecule has 8 atom stereocenters. The van der Waals surface area contributed by atoms with E-state index >= 15 is 0 Å². The molecule has 4 aliphatic rings. The van der Waals surface area contributed by atoms with Crippen LogP contribution in [0.4, 0.5) is 4.39 Å². The van der Waals surface area contributed by atoms with Gasteiger partial charge in [-0.15, -0.1) is 23.5 Å². The van der Waals surface area contributed by atoms with Crippen molar-refractivity contribution < 1.29 is 42.6 Å². The predicted molar refractivity (Wildman–Crippen MR) is 200 cm³/mol. The van der Waals surface area contributed by atoms with Crippen molar-refractivity contribution in [2.24, 2.45) is 11.8 Å². The third-order valence-electron chi connectivity index (χ3n) is 10.9. The number of carbonyl (C=O) groups excluding carboxylic acids is 6. The van der Waals surface area contributed by atoms with Gasteiger partial charge in [0.2, 0.25) is 23.6 Å². The lowest BCUT2D eigenvalue weighted by molar-refractivity contribution is -0.156. The number of hydrogen-bond acceptors (Lipinski definition) is 10. The first-order valence-corrected chi connectivity index (χ1v) is 21.0. The van der Waals surface area contributed by atoms with Crippen molar-refractivity contribution in [3.8, 4) is 0 Å². The quantitative estimate of drug-likeness (QED) is 0.279. The summed E-state index contributed by atoms with van der Waals surface area (Å²) in [5, 5.41) is 5.66. The summed E-state index contributed by atoms with van der Waals surface area (Å²) in [5.41, 5.74) is 0.615. The van der Waals surface area contributed by atoms with Crippen LogP contribution in [-0.2, 0) is 44.7 Å². The van der Waals surface area contributed by atoms with E-state index < -0.39 is 53.8 Å². The number of ether oxygens (including phenoxy) is 2. The number of piperidine rings is 2. The van der Waals surface area contributed by atoms with E-state index in [-0.39, 0.29) is 47.2 Å². The van der Waals surface area contributed by atoms with Crippen molar-refractivity contribution in [2.75, 3.05) is 25.7 Å². The second-order valence-electron chi connectivity index (χ2n) is 14.4. The summed E-state index contributed by atoms with van der Waals surface area (Å²) in [6.07, 6.45) is 6.98. The molecule has 53 heavy (non-hydrogen) atoms. The second kappa shape index (κ2) is 19.3. The summed E-state index contributed by atoms with van der Waals surface area (Å²) in [4.78, 5) is 84.3. The van der Waals surface area contributed by atoms with Gasteiger partial charge in [0.1, 0.15) is 30.0 Å². The number of amides is 4. The number of methoxy groups -OCH3 is 2. The Bertz CT molecular complexity index is 1500. The number of thioether (sulfide) groups is 2. The van der Waals surface area contributed by atoms with Crippen molar-refractivity contribution in [2.45, 2.75) is 125 Å². The first-order valence-electron chi connectivity index (χ1n) is 18.9. The SMILES string of the molecule is CCC[C@@H](CC[C@H](Cc1cccc(F)c1)C(=O)N[C@H]1CCS[C@H]2CCC[C@@H](C(=O)OC)N2C1=O)C(=O)N[C@H]1CCS[C@H]2CCC[C@@H](C(=O)OC)N2C1=O. The highest BCUT2D eigenvalue weighted by atomic mass is 32.2. The molecular formula is C38H53FN4O8S2. The minimum atomic E-state index is -0.846. The number of nitrogens with one attached hydrogen (secondary N) is 2. The zero-order valence-corrected chi connectivity index (χ0v) is 32.5. The van der Waals surface area contributed by atoms with Crippen LogP contribution in [0.15, 0.2) is 24.3 Å². The molecule has 15 heteroatoms. The maximum atomic E-state index is 14.3. The Kier molecular flexibility index (Phi) is 14.9. The van der Waals surface area contributed by atoms with E-state index in [4.69, 9.17) is 9.47 Å². The van der Waals surface area contributed by atoms with Gasteiger partial charge in [0.25, 0.3) is 0 Å². The Morgan fingerprint density at radius 2 is 1.28 bits per heavy atom. The van der Waals surface area contributed by atoms with Crippen molar-refractivity contribution >= 4 is 59.1 Å². The Morgan fingerprint density at radius 1 is 0.774 bits per heavy atom. The lowest BCUT2D eigenvalue weighted by Gasteiger charge is -2.40. The van der Waals surface area contributed by atoms with Crippen LogP contribution in [-0.4, -0.2) is 106 Å². The van der Waals surface area contributed by atoms with Crippen molar-refractivity contribution in [3.05, 3.63) is 35.6 Å². The molecule has 4 aliphatic heterocycles. The summed E-state index contributed by atoms with van der Waals surface area (Å²) in [7, 11) is 2.62. The monoisotopic (exact) mass is 776 g/mol. The minimum absolute atomic E-state index is 0.151. The first kappa shape index (κ1) is 40.8. The van der Waals surface area contributed by atoms with Gasteiger partial charge in [-0.05, 0) is 106 Å². The molecule has 1 aromatic carbocycles. The molecule has 4 heterocycles. The van der Waals surface area contributed by atoms with E-state index in [2.05, 4.69) is 10.6 Å². The fourth-order valence-corrected chi connectivity index (χ4v) is 10.9. The molecule has 0 radical (unpaired) electrons. The van der Waals surface area contributed by atoms with E-state index in [0.29, 0.717) is 62.0 Å². The maximum Gasteiger partial charge on any atom is 0.328 e. The molecule has 0 bridgehead atoms. The number of rotatable bonds is 13. The van der Waals surface area contributed by atoms with Crippen LogP contribution in [0.3, 0.4) is 0 Å². The van der Waals surface area contributed by atoms with Crippen molar-refractivity contribution in [3.63, 3.8) is 0 Å². The molecule has 5 rings (SSSR count). The molecule has 0 spiro atoms. The summed E-state index contributed by atoms with van der Waals surface area (Å²) in [5.74, 6) is -2.53. The molecule has 2 N–H and O–H groups in total. The highest BCUT2D eigenvalue weighted by molar-refractivity contribution is 8.00. The topological polar surface area (TPSA) is 151 Å². The first-order chi connectivity index (χ1) is 25.6. The highest BCUT2D eigenvalue weighted by Gasteiger charge is 2.45. The van der Waals surface area contributed by atoms with Crippen LogP contribution >= 0.6 is 23.5 Å². The Hall–Kier alpha value is -3.33. The molecule has 0 aromatic heterocycles. The highest BCUT2D eigenvalue weighted by Crippen LogP contribution is 2.36. The fraction of sp³-hybridized carbons (Fsp3) is 0.684. The molecule has 0 saturated carbocycles. The molecule has 1 aromatic rings. The summed E-state index contributed by atoms with van der Waals surface area (Å²) in [6, 6.07) is 3.02. The van der Waals surface area contributed by atoms with Gasteiger partial charge in [0, 0.05) is 11.8 Å². The molecule has 4 amide bonds. The molecule has 12 nitrogen and oxygen atoms in total. The number of fused-ring (bicyclic) bond motifs is 2. The van der Waals surface area contributed by atoms with Crippen LogP contribution in [0.2, 0.25) is 0 Å². The lowest BCUT2D eigenvalue weighted by Crippen LogP contribution is -2.58. The van der Waals surface area contributed by atoms with E-state index in [1.54, 1.807) is 45.5 Å². The smallest absolute Gasteiger partial charge is 0.328 e. The normalized spacial score (nSPS) is 27.2. The van der Waals surface area contributed by atoms with Crippen LogP contribution in [0.1, 0.15) is 89.5 Å². The number of nitrogens with zero attached hydrogens (tertiary/aromatic N) is 2. The number of benzene rings is 1. The fourth-order valence-electron chi connectivity index (χ4n) is 8.11. The molecule has 4 saturated heterocycles. The lowest BCUT2D eigenvalue weighted by atomic mass is 9.87. The Labute approximate surface area is 319 Å². The van der Waals surface area contributed by atoms with Gasteiger partial charge in [-0.1, -0.05) is 25.5 Å². The summed E-state index contributed by atoms with van der Waals surface area (Å²) in [6.45, 7) is 1.97. The van der Waals surface area contributed by atoms with Crippen LogP contribution in [0, 0.1) is 17.7 Å². The number of carbonyl (C=O) groups is 6. The molecule has 292 valence electrons. The zero-order valence-electron chi connectivity index (χ0n) is 30.9. The van der Waals surface area contributed by atoms with Gasteiger partial charge in [0.05, 0.1) is 25.0 Å². The summed E-state index contributed by atoms with van der Waals surface area (Å²) >= 11 is 3.22. The average molecular weight is 777 g/mol. The Morgan fingerprint density at radius 3 is 1.77 bits per heavy atom. The van der Waals surface area contributed by atoms with Gasteiger partial charge in [-0.25, -0.2) is 14.0 Å². The van der Waals surface area contributed by atoms with Crippen molar-refractivity contribution in [1.29, 1.82) is 0 Å². The predicted octanol–water partition coefficient (Wildman–Crippen LogP) is 4.18.